The molecule has 0 fully saturated rings. The molecule has 0 unspecified atom stereocenters. The minimum atomic E-state index is -0.556. The second kappa shape index (κ2) is 10.1. The summed E-state index contributed by atoms with van der Waals surface area (Å²) in [6.07, 6.45) is 2.95. The molecular formula is C25H25N7O4. The van der Waals surface area contributed by atoms with Crippen molar-refractivity contribution in [2.75, 3.05) is 24.7 Å². The third kappa shape index (κ3) is 5.09. The van der Waals surface area contributed by atoms with Gasteiger partial charge in [-0.2, -0.15) is 0 Å². The van der Waals surface area contributed by atoms with Gasteiger partial charge in [0.15, 0.2) is 0 Å². The van der Waals surface area contributed by atoms with Crippen molar-refractivity contribution in [3.63, 3.8) is 0 Å². The molecule has 3 aromatic heterocycles. The summed E-state index contributed by atoms with van der Waals surface area (Å²) in [7, 11) is 4.97. The lowest BCUT2D eigenvalue weighted by Gasteiger charge is -2.12. The zero-order valence-electron chi connectivity index (χ0n) is 20.2. The largest absolute Gasteiger partial charge is 0.456 e. The number of hydrogen-bond acceptors (Lipinski definition) is 6. The van der Waals surface area contributed by atoms with Gasteiger partial charge in [0.05, 0.1) is 17.6 Å². The Labute approximate surface area is 207 Å². The number of pyridine rings is 2. The first-order valence-corrected chi connectivity index (χ1v) is 11.0. The predicted molar refractivity (Wildman–Crippen MR) is 135 cm³/mol. The van der Waals surface area contributed by atoms with Crippen molar-refractivity contribution >= 4 is 23.6 Å². The van der Waals surface area contributed by atoms with E-state index in [0.29, 0.717) is 28.7 Å². The number of carbonyl (C=O) groups excluding carboxylic acids is 2. The van der Waals surface area contributed by atoms with E-state index >= 15 is 0 Å². The lowest BCUT2D eigenvalue weighted by atomic mass is 10.2. The van der Waals surface area contributed by atoms with Crippen LogP contribution in [0.1, 0.15) is 16.1 Å². The molecule has 2 N–H and O–H groups in total. The number of aromatic nitrogens is 4. The molecule has 11 nitrogen and oxygen atoms in total. The van der Waals surface area contributed by atoms with Gasteiger partial charge in [-0.15, -0.1) is 0 Å². The van der Waals surface area contributed by atoms with E-state index < -0.39 is 11.5 Å². The fraction of sp³-hybridized carbons (Fsp3) is 0.160. The van der Waals surface area contributed by atoms with E-state index in [9.17, 15) is 14.4 Å². The lowest BCUT2D eigenvalue weighted by Crippen LogP contribution is -2.27. The molecule has 0 aliphatic carbocycles. The molecule has 36 heavy (non-hydrogen) atoms. The molecule has 184 valence electrons. The second-order valence-electron chi connectivity index (χ2n) is 8.07. The summed E-state index contributed by atoms with van der Waals surface area (Å²) < 4.78 is 8.86. The van der Waals surface area contributed by atoms with Crippen molar-refractivity contribution < 1.29 is 14.3 Å². The van der Waals surface area contributed by atoms with Crippen molar-refractivity contribution in [1.29, 1.82) is 0 Å². The number of para-hydroxylation sites is 1. The number of nitrogens with one attached hydrogen (secondary N) is 2. The van der Waals surface area contributed by atoms with Gasteiger partial charge in [0.25, 0.3) is 11.5 Å². The molecule has 4 aromatic rings. The number of rotatable bonds is 6. The number of ether oxygens (including phenoxy) is 1. The number of anilines is 2. The van der Waals surface area contributed by atoms with Crippen molar-refractivity contribution in [1.82, 2.24) is 24.2 Å². The van der Waals surface area contributed by atoms with Crippen LogP contribution in [0.3, 0.4) is 0 Å². The first-order valence-electron chi connectivity index (χ1n) is 11.0. The Morgan fingerprint density at radius 3 is 2.36 bits per heavy atom. The molecule has 0 atom stereocenters. The van der Waals surface area contributed by atoms with E-state index in [0.717, 1.165) is 0 Å². The van der Waals surface area contributed by atoms with E-state index in [4.69, 9.17) is 4.74 Å². The minimum absolute atomic E-state index is 0.0348. The molecule has 3 heterocycles. The van der Waals surface area contributed by atoms with Crippen LogP contribution in [-0.4, -0.2) is 50.3 Å². The highest BCUT2D eigenvalue weighted by Crippen LogP contribution is 2.23. The van der Waals surface area contributed by atoms with Crippen molar-refractivity contribution in [3.05, 3.63) is 88.6 Å². The van der Waals surface area contributed by atoms with Crippen LogP contribution < -0.4 is 20.9 Å². The number of nitrogens with zero attached hydrogens (tertiary/aromatic N) is 5. The average molecular weight is 488 g/mol. The summed E-state index contributed by atoms with van der Waals surface area (Å²) in [6, 6.07) is 15.2. The molecule has 0 aliphatic rings. The summed E-state index contributed by atoms with van der Waals surface area (Å²) in [6.45, 7) is 1.71. The molecule has 3 amide bonds. The van der Waals surface area contributed by atoms with Gasteiger partial charge in [-0.3, -0.25) is 19.6 Å². The molecule has 0 radical (unpaired) electrons. The van der Waals surface area contributed by atoms with Gasteiger partial charge in [0.1, 0.15) is 28.7 Å². The second-order valence-corrected chi connectivity index (χ2v) is 8.07. The van der Waals surface area contributed by atoms with Crippen LogP contribution >= 0.6 is 0 Å². The average Bonchev–Trinajstić information content (AvgIpc) is 3.08. The summed E-state index contributed by atoms with van der Waals surface area (Å²) in [4.78, 5) is 47.5. The highest BCUT2D eigenvalue weighted by molar-refractivity contribution is 6.04. The third-order valence-electron chi connectivity index (χ3n) is 5.37. The number of hydrogen-bond donors (Lipinski definition) is 2. The molecule has 0 spiro atoms. The Balaban J connectivity index is 1.47. The normalized spacial score (nSPS) is 10.6. The molecular weight excluding hydrogens is 462 g/mol. The maximum absolute atomic E-state index is 13.0. The Kier molecular flexibility index (Phi) is 6.81. The SMILES string of the molecule is Cc1c(C(=O)Nc2ccc(Oc3ccnc(NC(=O)N(C)C)c3)cn2)c(=O)n(-c2ccccc2)n1C. The summed E-state index contributed by atoms with van der Waals surface area (Å²) in [5.41, 5.74) is 0.796. The topological polar surface area (TPSA) is 123 Å². The standard InChI is InChI=1S/C25H25N7O4/c1-16-22(24(34)32(31(16)4)17-8-6-5-7-9-17)23(33)28-20-11-10-19(15-27-20)36-18-12-13-26-21(14-18)29-25(35)30(2)3/h5-15H,1-4H3,(H,26,29,35)(H,27,28,33). The van der Waals surface area contributed by atoms with Crippen LogP contribution in [-0.2, 0) is 7.05 Å². The zero-order chi connectivity index (χ0) is 25.8. The van der Waals surface area contributed by atoms with Crippen LogP contribution in [0.25, 0.3) is 5.69 Å². The highest BCUT2D eigenvalue weighted by atomic mass is 16.5. The zero-order valence-corrected chi connectivity index (χ0v) is 20.2. The molecule has 1 aromatic carbocycles. The van der Waals surface area contributed by atoms with Gasteiger partial charge in [-0.05, 0) is 37.3 Å². The predicted octanol–water partition coefficient (Wildman–Crippen LogP) is 3.41. The van der Waals surface area contributed by atoms with Crippen LogP contribution in [0.5, 0.6) is 11.5 Å². The Hall–Kier alpha value is -4.93. The molecule has 0 aliphatic heterocycles. The Morgan fingerprint density at radius 1 is 0.944 bits per heavy atom. The number of amides is 3. The van der Waals surface area contributed by atoms with Crippen molar-refractivity contribution in [3.8, 4) is 17.2 Å². The molecule has 11 heteroatoms. The number of benzene rings is 1. The van der Waals surface area contributed by atoms with Gasteiger partial charge in [0.2, 0.25) is 0 Å². The van der Waals surface area contributed by atoms with Gasteiger partial charge in [-0.25, -0.2) is 19.4 Å². The van der Waals surface area contributed by atoms with Gasteiger partial charge < -0.3 is 15.0 Å². The van der Waals surface area contributed by atoms with Crippen LogP contribution in [0.2, 0.25) is 0 Å². The molecule has 0 bridgehead atoms. The van der Waals surface area contributed by atoms with Gasteiger partial charge in [0, 0.05) is 33.4 Å². The minimum Gasteiger partial charge on any atom is -0.456 e. The van der Waals surface area contributed by atoms with Crippen LogP contribution in [0.4, 0.5) is 16.4 Å². The van der Waals surface area contributed by atoms with E-state index in [1.165, 1.54) is 22.0 Å². The first-order chi connectivity index (χ1) is 17.2. The maximum atomic E-state index is 13.0. The molecule has 0 saturated carbocycles. The van der Waals surface area contributed by atoms with E-state index in [1.54, 1.807) is 69.1 Å². The number of urea groups is 1. The monoisotopic (exact) mass is 487 g/mol. The first kappa shape index (κ1) is 24.2. The quantitative estimate of drug-likeness (QED) is 0.430. The smallest absolute Gasteiger partial charge is 0.322 e. The van der Waals surface area contributed by atoms with E-state index in [2.05, 4.69) is 20.6 Å². The highest BCUT2D eigenvalue weighted by Gasteiger charge is 2.22. The van der Waals surface area contributed by atoms with Gasteiger partial charge in [-0.1, -0.05) is 18.2 Å². The Morgan fingerprint density at radius 2 is 1.69 bits per heavy atom. The summed E-state index contributed by atoms with van der Waals surface area (Å²) in [5, 5.41) is 5.31. The molecule has 0 saturated heterocycles. The lowest BCUT2D eigenvalue weighted by molar-refractivity contribution is 0.102. The van der Waals surface area contributed by atoms with Crippen LogP contribution in [0.15, 0.2) is 71.8 Å². The number of carbonyl (C=O) groups is 2. The maximum Gasteiger partial charge on any atom is 0.322 e. The third-order valence-corrected chi connectivity index (χ3v) is 5.37. The summed E-state index contributed by atoms with van der Waals surface area (Å²) in [5.74, 6) is 0.891. The van der Waals surface area contributed by atoms with Crippen molar-refractivity contribution in [2.24, 2.45) is 7.05 Å². The summed E-state index contributed by atoms with van der Waals surface area (Å²) >= 11 is 0. The van der Waals surface area contributed by atoms with Crippen LogP contribution in [0, 0.1) is 6.92 Å². The fourth-order valence-corrected chi connectivity index (χ4v) is 3.42. The van der Waals surface area contributed by atoms with Gasteiger partial charge >= 0.3 is 6.03 Å². The van der Waals surface area contributed by atoms with E-state index in [-0.39, 0.29) is 17.4 Å². The molecule has 4 rings (SSSR count). The Bertz CT molecular complexity index is 1460. The fourth-order valence-electron chi connectivity index (χ4n) is 3.42. The van der Waals surface area contributed by atoms with E-state index in [1.807, 2.05) is 18.2 Å². The van der Waals surface area contributed by atoms with Crippen molar-refractivity contribution in [2.45, 2.75) is 6.92 Å².